The molecule has 104 valence electrons. The highest BCUT2D eigenvalue weighted by Crippen LogP contribution is 2.31. The number of rotatable bonds is 4. The number of hydrogen-bond donors (Lipinski definition) is 1. The molecule has 20 heavy (non-hydrogen) atoms. The van der Waals surface area contributed by atoms with Crippen LogP contribution in [-0.2, 0) is 0 Å². The zero-order valence-corrected chi connectivity index (χ0v) is 10.9. The molecule has 0 aliphatic carbocycles. The summed E-state index contributed by atoms with van der Waals surface area (Å²) in [7, 11) is 1.35. The first-order valence-electron chi connectivity index (χ1n) is 5.29. The van der Waals surface area contributed by atoms with Gasteiger partial charge in [0.1, 0.15) is 22.2 Å². The van der Waals surface area contributed by atoms with Crippen molar-refractivity contribution in [2.24, 2.45) is 0 Å². The van der Waals surface area contributed by atoms with E-state index in [1.807, 2.05) is 0 Å². The summed E-state index contributed by atoms with van der Waals surface area (Å²) in [4.78, 5) is 18.6. The van der Waals surface area contributed by atoms with Crippen LogP contribution in [0.2, 0.25) is 5.02 Å². The first kappa shape index (κ1) is 14.0. The summed E-state index contributed by atoms with van der Waals surface area (Å²) in [6.45, 7) is 0. The second-order valence-electron chi connectivity index (χ2n) is 3.53. The molecule has 0 bridgehead atoms. The topological polar surface area (TPSA) is 81.5 Å². The second kappa shape index (κ2) is 5.70. The number of carbonyl (C=O) groups is 1. The number of ether oxygens (including phenoxy) is 2. The van der Waals surface area contributed by atoms with Crippen molar-refractivity contribution in [3.05, 3.63) is 40.8 Å². The Morgan fingerprint density at radius 3 is 2.85 bits per heavy atom. The van der Waals surface area contributed by atoms with E-state index >= 15 is 0 Å². The van der Waals surface area contributed by atoms with Crippen molar-refractivity contribution in [2.75, 3.05) is 7.11 Å². The molecule has 1 aromatic carbocycles. The van der Waals surface area contributed by atoms with E-state index in [4.69, 9.17) is 26.2 Å². The van der Waals surface area contributed by atoms with E-state index in [2.05, 4.69) is 9.97 Å². The summed E-state index contributed by atoms with van der Waals surface area (Å²) >= 11 is 5.83. The van der Waals surface area contributed by atoms with Crippen molar-refractivity contribution in [2.45, 2.75) is 0 Å². The number of nitrogens with zero attached hydrogens (tertiary/aromatic N) is 2. The third-order valence-electron chi connectivity index (χ3n) is 2.27. The van der Waals surface area contributed by atoms with Crippen LogP contribution in [0.5, 0.6) is 17.6 Å². The minimum atomic E-state index is -1.46. The van der Waals surface area contributed by atoms with Crippen molar-refractivity contribution in [1.82, 2.24) is 9.97 Å². The molecule has 1 heterocycles. The van der Waals surface area contributed by atoms with E-state index in [1.165, 1.54) is 25.4 Å². The third kappa shape index (κ3) is 2.77. The van der Waals surface area contributed by atoms with Crippen LogP contribution in [0.4, 0.5) is 4.39 Å². The van der Waals surface area contributed by atoms with Crippen LogP contribution in [0.25, 0.3) is 0 Å². The van der Waals surface area contributed by atoms with Crippen molar-refractivity contribution < 1.29 is 23.8 Å². The van der Waals surface area contributed by atoms with Crippen LogP contribution in [-0.4, -0.2) is 28.2 Å². The number of aromatic nitrogens is 2. The normalized spacial score (nSPS) is 10.2. The molecule has 0 spiro atoms. The zero-order valence-electron chi connectivity index (χ0n) is 10.1. The molecule has 2 rings (SSSR count). The maximum absolute atomic E-state index is 13.5. The summed E-state index contributed by atoms with van der Waals surface area (Å²) < 4.78 is 23.5. The third-order valence-corrected chi connectivity index (χ3v) is 2.53. The standard InChI is InChI=1S/C12H8ClFN2O4/c1-19-12-15-5-6(13)10(16-12)20-8-4-2-3-7(14)9(8)11(17)18/h2-5H,1H3,(H,17,18). The number of hydrogen-bond acceptors (Lipinski definition) is 5. The lowest BCUT2D eigenvalue weighted by Crippen LogP contribution is -2.04. The van der Waals surface area contributed by atoms with Crippen LogP contribution >= 0.6 is 11.6 Å². The molecule has 0 saturated carbocycles. The van der Waals surface area contributed by atoms with Gasteiger partial charge in [0.25, 0.3) is 0 Å². The molecule has 1 N–H and O–H groups in total. The monoisotopic (exact) mass is 298 g/mol. The number of carboxylic acids is 1. The molecular weight excluding hydrogens is 291 g/mol. The number of aromatic carboxylic acids is 1. The van der Waals surface area contributed by atoms with Gasteiger partial charge in [-0.25, -0.2) is 14.2 Å². The average molecular weight is 299 g/mol. The van der Waals surface area contributed by atoms with Gasteiger partial charge in [-0.15, -0.1) is 0 Å². The van der Waals surface area contributed by atoms with Crippen molar-refractivity contribution in [3.8, 4) is 17.6 Å². The lowest BCUT2D eigenvalue weighted by molar-refractivity contribution is 0.0689. The van der Waals surface area contributed by atoms with Crippen molar-refractivity contribution in [3.63, 3.8) is 0 Å². The van der Waals surface area contributed by atoms with Crippen molar-refractivity contribution in [1.29, 1.82) is 0 Å². The van der Waals surface area contributed by atoms with Crippen LogP contribution in [0.1, 0.15) is 10.4 Å². The number of carboxylic acid groups (broad SMARTS) is 1. The predicted octanol–water partition coefficient (Wildman–Crippen LogP) is 2.77. The van der Waals surface area contributed by atoms with Crippen LogP contribution in [0.3, 0.4) is 0 Å². The minimum Gasteiger partial charge on any atom is -0.477 e. The highest BCUT2D eigenvalue weighted by molar-refractivity contribution is 6.31. The van der Waals surface area contributed by atoms with Crippen LogP contribution in [0, 0.1) is 5.82 Å². The van der Waals surface area contributed by atoms with Gasteiger partial charge in [0.15, 0.2) is 0 Å². The molecule has 2 aromatic rings. The fourth-order valence-corrected chi connectivity index (χ4v) is 1.54. The lowest BCUT2D eigenvalue weighted by atomic mass is 10.2. The molecule has 0 aliphatic heterocycles. The molecule has 1 aromatic heterocycles. The van der Waals surface area contributed by atoms with E-state index in [0.29, 0.717) is 0 Å². The highest BCUT2D eigenvalue weighted by Gasteiger charge is 2.19. The van der Waals surface area contributed by atoms with E-state index in [1.54, 1.807) is 0 Å². The molecule has 0 aliphatic rings. The largest absolute Gasteiger partial charge is 0.477 e. The molecule has 0 radical (unpaired) electrons. The molecule has 0 amide bonds. The minimum absolute atomic E-state index is 0.0160. The van der Waals surface area contributed by atoms with Crippen LogP contribution in [0.15, 0.2) is 24.4 Å². The number of halogens is 2. The summed E-state index contributed by atoms with van der Waals surface area (Å²) in [5.41, 5.74) is -0.610. The molecule has 6 nitrogen and oxygen atoms in total. The Hall–Kier alpha value is -2.41. The van der Waals surface area contributed by atoms with Gasteiger partial charge >= 0.3 is 12.0 Å². The first-order chi connectivity index (χ1) is 9.52. The van der Waals surface area contributed by atoms with E-state index < -0.39 is 17.3 Å². The highest BCUT2D eigenvalue weighted by atomic mass is 35.5. The Bertz CT molecular complexity index is 666. The molecule has 8 heteroatoms. The van der Waals surface area contributed by atoms with Gasteiger partial charge in [0, 0.05) is 0 Å². The van der Waals surface area contributed by atoms with E-state index in [9.17, 15) is 9.18 Å². The lowest BCUT2D eigenvalue weighted by Gasteiger charge is -2.10. The Balaban J connectivity index is 2.45. The SMILES string of the molecule is COc1ncc(Cl)c(Oc2cccc(F)c2C(=O)O)n1. The van der Waals surface area contributed by atoms with Gasteiger partial charge in [-0.3, -0.25) is 0 Å². The number of methoxy groups -OCH3 is 1. The predicted molar refractivity (Wildman–Crippen MR) is 67.0 cm³/mol. The number of benzene rings is 1. The maximum Gasteiger partial charge on any atom is 0.342 e. The van der Waals surface area contributed by atoms with Gasteiger partial charge < -0.3 is 14.6 Å². The Morgan fingerprint density at radius 1 is 1.45 bits per heavy atom. The first-order valence-corrected chi connectivity index (χ1v) is 5.67. The molecule has 0 atom stereocenters. The molecule has 0 unspecified atom stereocenters. The zero-order chi connectivity index (χ0) is 14.7. The molecule has 0 fully saturated rings. The van der Waals surface area contributed by atoms with Gasteiger partial charge in [-0.2, -0.15) is 4.98 Å². The average Bonchev–Trinajstić information content (AvgIpc) is 2.41. The Kier molecular flexibility index (Phi) is 3.99. The van der Waals surface area contributed by atoms with E-state index in [-0.39, 0.29) is 22.7 Å². The van der Waals surface area contributed by atoms with Crippen LogP contribution < -0.4 is 9.47 Å². The quantitative estimate of drug-likeness (QED) is 0.934. The summed E-state index contributed by atoms with van der Waals surface area (Å²) in [6, 6.07) is 3.59. The fraction of sp³-hybridized carbons (Fsp3) is 0.0833. The van der Waals surface area contributed by atoms with Gasteiger partial charge in [0.05, 0.1) is 13.3 Å². The maximum atomic E-state index is 13.5. The van der Waals surface area contributed by atoms with Gasteiger partial charge in [0.2, 0.25) is 5.88 Å². The molecular formula is C12H8ClFN2O4. The molecule has 0 saturated heterocycles. The Morgan fingerprint density at radius 2 is 2.20 bits per heavy atom. The second-order valence-corrected chi connectivity index (χ2v) is 3.94. The van der Waals surface area contributed by atoms with Gasteiger partial charge in [-0.05, 0) is 12.1 Å². The summed E-state index contributed by atoms with van der Waals surface area (Å²) in [6.07, 6.45) is 1.22. The fourth-order valence-electron chi connectivity index (χ4n) is 1.41. The summed E-state index contributed by atoms with van der Waals surface area (Å²) in [5.74, 6) is -2.74. The van der Waals surface area contributed by atoms with Crippen molar-refractivity contribution >= 4 is 17.6 Å². The smallest absolute Gasteiger partial charge is 0.342 e. The summed E-state index contributed by atoms with van der Waals surface area (Å²) in [5, 5.41) is 9.02. The van der Waals surface area contributed by atoms with Gasteiger partial charge in [-0.1, -0.05) is 17.7 Å². The van der Waals surface area contributed by atoms with E-state index in [0.717, 1.165) is 6.07 Å². The Labute approximate surface area is 117 Å².